The van der Waals surface area contributed by atoms with Crippen LogP contribution in [0, 0.1) is 0 Å². The molecule has 68 valence electrons. The highest BCUT2D eigenvalue weighted by molar-refractivity contribution is 6.13. The minimum atomic E-state index is 0.161. The van der Waals surface area contributed by atoms with Gasteiger partial charge in [-0.2, -0.15) is 0 Å². The molecule has 1 nitrogen and oxygen atoms in total. The van der Waals surface area contributed by atoms with Crippen LogP contribution in [-0.2, 0) is 4.74 Å². The van der Waals surface area contributed by atoms with Gasteiger partial charge in [0.2, 0.25) is 0 Å². The minimum absolute atomic E-state index is 0.161. The van der Waals surface area contributed by atoms with Crippen LogP contribution in [0.4, 0.5) is 0 Å². The van der Waals surface area contributed by atoms with Gasteiger partial charge in [-0.05, 0) is 25.5 Å². The van der Waals surface area contributed by atoms with Gasteiger partial charge in [-0.25, -0.2) is 0 Å². The van der Waals surface area contributed by atoms with Gasteiger partial charge in [0, 0.05) is 6.42 Å². The Morgan fingerprint density at radius 1 is 1.77 bits per heavy atom. The van der Waals surface area contributed by atoms with E-state index in [1.165, 1.54) is 0 Å². The lowest BCUT2D eigenvalue weighted by Gasteiger charge is -2.13. The van der Waals surface area contributed by atoms with E-state index in [2.05, 4.69) is 6.58 Å². The third-order valence-electron chi connectivity index (χ3n) is 1.90. The van der Waals surface area contributed by atoms with E-state index >= 15 is 0 Å². The van der Waals surface area contributed by atoms with Gasteiger partial charge in [0.05, 0.1) is 14.5 Å². The molecular formula is C11H15BO. The summed E-state index contributed by atoms with van der Waals surface area (Å²) in [7, 11) is 5.67. The van der Waals surface area contributed by atoms with Crippen molar-refractivity contribution in [2.75, 3.05) is 6.61 Å². The molecule has 0 heterocycles. The Labute approximate surface area is 81.6 Å². The largest absolute Gasteiger partial charge is 0.494 e. The third kappa shape index (κ3) is 4.02. The van der Waals surface area contributed by atoms with E-state index in [-0.39, 0.29) is 5.82 Å². The predicted molar refractivity (Wildman–Crippen MR) is 56.7 cm³/mol. The smallest absolute Gasteiger partial charge is 0.114 e. The van der Waals surface area contributed by atoms with E-state index in [1.807, 2.05) is 25.2 Å². The van der Waals surface area contributed by atoms with Gasteiger partial charge in [0.25, 0.3) is 0 Å². The molecule has 0 bridgehead atoms. The Hall–Kier alpha value is -0.915. The average molecular weight is 174 g/mol. The van der Waals surface area contributed by atoms with E-state index in [1.54, 1.807) is 0 Å². The van der Waals surface area contributed by atoms with Crippen molar-refractivity contribution in [3.05, 3.63) is 36.1 Å². The molecule has 0 fully saturated rings. The van der Waals surface area contributed by atoms with Crippen molar-refractivity contribution in [2.45, 2.75) is 25.6 Å². The van der Waals surface area contributed by atoms with Gasteiger partial charge in [0.15, 0.2) is 0 Å². The van der Waals surface area contributed by atoms with Crippen molar-refractivity contribution in [3.8, 4) is 0 Å². The zero-order valence-corrected chi connectivity index (χ0v) is 8.12. The number of rotatable bonds is 4. The molecule has 0 saturated heterocycles. The molecule has 13 heavy (non-hydrogen) atoms. The number of ether oxygens (including phenoxy) is 1. The summed E-state index contributed by atoms with van der Waals surface area (Å²) < 4.78 is 5.50. The molecule has 2 radical (unpaired) electrons. The summed E-state index contributed by atoms with van der Waals surface area (Å²) in [4.78, 5) is 0. The molecule has 1 unspecified atom stereocenters. The van der Waals surface area contributed by atoms with Crippen LogP contribution in [0.15, 0.2) is 36.1 Å². The fourth-order valence-corrected chi connectivity index (χ4v) is 1.07. The first-order valence-corrected chi connectivity index (χ1v) is 4.59. The molecule has 0 spiro atoms. The fraction of sp³-hybridized carbons (Fsp3) is 0.455. The maximum atomic E-state index is 5.67. The van der Waals surface area contributed by atoms with Crippen molar-refractivity contribution >= 4 is 7.85 Å². The summed E-state index contributed by atoms with van der Waals surface area (Å²) in [6.45, 7) is 6.53. The highest BCUT2D eigenvalue weighted by Gasteiger charge is 2.03. The SMILES string of the molecule is [B]C1C=CC(OCCC(=C)C)=CC1. The highest BCUT2D eigenvalue weighted by Crippen LogP contribution is 2.18. The summed E-state index contributed by atoms with van der Waals surface area (Å²) in [5.74, 6) is 1.09. The van der Waals surface area contributed by atoms with E-state index in [0.717, 1.165) is 24.2 Å². The first kappa shape index (κ1) is 10.2. The van der Waals surface area contributed by atoms with E-state index < -0.39 is 0 Å². The number of allylic oxidation sites excluding steroid dienone is 3. The summed E-state index contributed by atoms with van der Waals surface area (Å²) in [6.07, 6.45) is 7.72. The standard InChI is InChI=1S/C11H15BO/c1-9(2)7-8-13-11-5-3-10(12)4-6-11/h3,5-6,10H,1,4,7-8H2,2H3. The van der Waals surface area contributed by atoms with Crippen LogP contribution >= 0.6 is 0 Å². The molecule has 0 amide bonds. The van der Waals surface area contributed by atoms with Gasteiger partial charge < -0.3 is 4.74 Å². The van der Waals surface area contributed by atoms with Gasteiger partial charge in [0.1, 0.15) is 5.76 Å². The summed E-state index contributed by atoms with van der Waals surface area (Å²) in [5.41, 5.74) is 1.15. The Morgan fingerprint density at radius 3 is 3.08 bits per heavy atom. The summed E-state index contributed by atoms with van der Waals surface area (Å²) >= 11 is 0. The van der Waals surface area contributed by atoms with Crippen LogP contribution in [0.5, 0.6) is 0 Å². The lowest BCUT2D eigenvalue weighted by molar-refractivity contribution is 0.226. The Morgan fingerprint density at radius 2 is 2.54 bits per heavy atom. The molecule has 2 heteroatoms. The Kier molecular flexibility index (Phi) is 3.87. The monoisotopic (exact) mass is 174 g/mol. The van der Waals surface area contributed by atoms with Crippen LogP contribution < -0.4 is 0 Å². The maximum absolute atomic E-state index is 5.67. The molecule has 1 rings (SSSR count). The summed E-state index contributed by atoms with van der Waals surface area (Å²) in [5, 5.41) is 0. The van der Waals surface area contributed by atoms with E-state index in [4.69, 9.17) is 12.6 Å². The molecular weight excluding hydrogens is 159 g/mol. The van der Waals surface area contributed by atoms with Crippen molar-refractivity contribution in [1.82, 2.24) is 0 Å². The first-order chi connectivity index (χ1) is 6.18. The molecule has 0 aromatic carbocycles. The zero-order chi connectivity index (χ0) is 9.68. The van der Waals surface area contributed by atoms with Gasteiger partial charge in [-0.15, -0.1) is 6.58 Å². The van der Waals surface area contributed by atoms with Crippen molar-refractivity contribution in [2.24, 2.45) is 0 Å². The summed E-state index contributed by atoms with van der Waals surface area (Å²) in [6, 6.07) is 0. The molecule has 0 saturated carbocycles. The minimum Gasteiger partial charge on any atom is -0.494 e. The van der Waals surface area contributed by atoms with Crippen LogP contribution in [-0.4, -0.2) is 14.5 Å². The van der Waals surface area contributed by atoms with Crippen LogP contribution in [0.3, 0.4) is 0 Å². The average Bonchev–Trinajstić information content (AvgIpc) is 2.08. The van der Waals surface area contributed by atoms with Crippen molar-refractivity contribution in [3.63, 3.8) is 0 Å². The van der Waals surface area contributed by atoms with E-state index in [9.17, 15) is 0 Å². The molecule has 0 N–H and O–H groups in total. The number of hydrogen-bond donors (Lipinski definition) is 0. The lowest BCUT2D eigenvalue weighted by Crippen LogP contribution is -1.98. The van der Waals surface area contributed by atoms with Crippen LogP contribution in [0.2, 0.25) is 5.82 Å². The molecule has 1 aliphatic carbocycles. The first-order valence-electron chi connectivity index (χ1n) is 4.59. The number of hydrogen-bond acceptors (Lipinski definition) is 1. The van der Waals surface area contributed by atoms with Crippen LogP contribution in [0.1, 0.15) is 19.8 Å². The van der Waals surface area contributed by atoms with Crippen molar-refractivity contribution in [1.29, 1.82) is 0 Å². The molecule has 1 aliphatic rings. The van der Waals surface area contributed by atoms with Gasteiger partial charge >= 0.3 is 0 Å². The molecule has 1 atom stereocenters. The third-order valence-corrected chi connectivity index (χ3v) is 1.90. The predicted octanol–water partition coefficient (Wildman–Crippen LogP) is 2.77. The second-order valence-corrected chi connectivity index (χ2v) is 3.42. The van der Waals surface area contributed by atoms with Gasteiger partial charge in [-0.1, -0.05) is 17.5 Å². The van der Waals surface area contributed by atoms with Crippen molar-refractivity contribution < 1.29 is 4.74 Å². The lowest BCUT2D eigenvalue weighted by atomic mass is 9.82. The Balaban J connectivity index is 2.23. The quantitative estimate of drug-likeness (QED) is 0.470. The van der Waals surface area contributed by atoms with Gasteiger partial charge in [-0.3, -0.25) is 0 Å². The van der Waals surface area contributed by atoms with E-state index in [0.29, 0.717) is 6.61 Å². The second-order valence-electron chi connectivity index (χ2n) is 3.42. The molecule has 0 aliphatic heterocycles. The normalized spacial score (nSPS) is 21.0. The maximum Gasteiger partial charge on any atom is 0.114 e. The fourth-order valence-electron chi connectivity index (χ4n) is 1.07. The second kappa shape index (κ2) is 4.95. The molecule has 0 aromatic heterocycles. The highest BCUT2D eigenvalue weighted by atomic mass is 16.5. The topological polar surface area (TPSA) is 9.23 Å². The van der Waals surface area contributed by atoms with Crippen LogP contribution in [0.25, 0.3) is 0 Å². The Bertz CT molecular complexity index is 240. The molecule has 0 aromatic rings. The zero-order valence-electron chi connectivity index (χ0n) is 8.12.